The second-order valence-corrected chi connectivity index (χ2v) is 7.90. The highest BCUT2D eigenvalue weighted by molar-refractivity contribution is 9.10. The Bertz CT molecular complexity index is 643. The van der Waals surface area contributed by atoms with Crippen LogP contribution in [0.3, 0.4) is 0 Å². The molecule has 24 heavy (non-hydrogen) atoms. The summed E-state index contributed by atoms with van der Waals surface area (Å²) in [6, 6.07) is 4.41. The molecule has 1 heterocycles. The van der Waals surface area contributed by atoms with Crippen molar-refractivity contribution in [3.05, 3.63) is 34.1 Å². The number of nitrogens with one attached hydrogen (secondary N) is 1. The van der Waals surface area contributed by atoms with Crippen molar-refractivity contribution in [2.45, 2.75) is 44.9 Å². The van der Waals surface area contributed by atoms with E-state index in [0.29, 0.717) is 5.56 Å². The van der Waals surface area contributed by atoms with E-state index in [2.05, 4.69) is 21.2 Å². The van der Waals surface area contributed by atoms with Gasteiger partial charge in [0.05, 0.1) is 6.10 Å². The molecule has 7 heteroatoms. The van der Waals surface area contributed by atoms with Crippen LogP contribution in [0.15, 0.2) is 22.7 Å². The lowest BCUT2D eigenvalue weighted by Gasteiger charge is -2.65. The molecular formula is C17H23BrClFN2O2. The number of rotatable bonds is 3. The summed E-state index contributed by atoms with van der Waals surface area (Å²) in [7, 11) is 0. The Labute approximate surface area is 156 Å². The van der Waals surface area contributed by atoms with Gasteiger partial charge in [-0.25, -0.2) is 4.39 Å². The van der Waals surface area contributed by atoms with Gasteiger partial charge in [-0.05, 0) is 36.6 Å². The van der Waals surface area contributed by atoms with Crippen molar-refractivity contribution in [3.8, 4) is 0 Å². The molecule has 1 aromatic carbocycles. The number of ether oxygens (including phenoxy) is 1. The number of carbonyl (C=O) groups is 1. The normalized spacial score (nSPS) is 30.5. The zero-order valence-corrected chi connectivity index (χ0v) is 16.2. The first kappa shape index (κ1) is 19.6. The zero-order valence-electron chi connectivity index (χ0n) is 13.8. The Morgan fingerprint density at radius 1 is 1.50 bits per heavy atom. The molecule has 134 valence electrons. The van der Waals surface area contributed by atoms with Gasteiger partial charge in [-0.2, -0.15) is 0 Å². The lowest BCUT2D eigenvalue weighted by atomic mass is 9.46. The number of hydrogen-bond donors (Lipinski definition) is 2. The van der Waals surface area contributed by atoms with Crippen LogP contribution >= 0.6 is 28.3 Å². The van der Waals surface area contributed by atoms with Crippen LogP contribution in [0.2, 0.25) is 0 Å². The fraction of sp³-hybridized carbons (Fsp3) is 0.588. The van der Waals surface area contributed by atoms with Gasteiger partial charge in [-0.3, -0.25) is 4.79 Å². The van der Waals surface area contributed by atoms with Gasteiger partial charge >= 0.3 is 0 Å². The summed E-state index contributed by atoms with van der Waals surface area (Å²) >= 11 is 3.37. The van der Waals surface area contributed by atoms with Gasteiger partial charge in [0.2, 0.25) is 5.91 Å². The Balaban J connectivity index is 0.00000208. The summed E-state index contributed by atoms with van der Waals surface area (Å²) < 4.78 is 19.9. The molecule has 1 aromatic rings. The van der Waals surface area contributed by atoms with Crippen LogP contribution in [0.25, 0.3) is 0 Å². The maximum absolute atomic E-state index is 13.4. The highest BCUT2D eigenvalue weighted by Gasteiger charge is 2.70. The quantitative estimate of drug-likeness (QED) is 0.788. The van der Waals surface area contributed by atoms with Crippen molar-refractivity contribution >= 4 is 34.2 Å². The van der Waals surface area contributed by atoms with Crippen molar-refractivity contribution in [3.63, 3.8) is 0 Å². The SMILES string of the molecule is CC1(C)C2OCCCC2C1(N)C(=O)NCc1cc(F)ccc1Br.Cl. The predicted molar refractivity (Wildman–Crippen MR) is 96.4 cm³/mol. The molecule has 3 unspecified atom stereocenters. The molecule has 1 saturated carbocycles. The minimum Gasteiger partial charge on any atom is -0.377 e. The third-order valence-electron chi connectivity index (χ3n) is 5.51. The van der Waals surface area contributed by atoms with Crippen LogP contribution < -0.4 is 11.1 Å². The van der Waals surface area contributed by atoms with Crippen molar-refractivity contribution in [2.75, 3.05) is 6.61 Å². The van der Waals surface area contributed by atoms with E-state index in [-0.39, 0.29) is 42.7 Å². The molecule has 1 aliphatic carbocycles. The van der Waals surface area contributed by atoms with E-state index in [1.54, 1.807) is 6.07 Å². The van der Waals surface area contributed by atoms with Gasteiger partial charge in [0, 0.05) is 29.0 Å². The Kier molecular flexibility index (Phi) is 5.65. The molecule has 0 spiro atoms. The van der Waals surface area contributed by atoms with Gasteiger partial charge in [-0.15, -0.1) is 12.4 Å². The monoisotopic (exact) mass is 420 g/mol. The number of hydrogen-bond acceptors (Lipinski definition) is 3. The molecule has 3 rings (SSSR count). The zero-order chi connectivity index (χ0) is 16.8. The fourth-order valence-electron chi connectivity index (χ4n) is 4.04. The maximum Gasteiger partial charge on any atom is 0.241 e. The summed E-state index contributed by atoms with van der Waals surface area (Å²) in [4.78, 5) is 12.8. The highest BCUT2D eigenvalue weighted by atomic mass is 79.9. The molecule has 4 nitrogen and oxygen atoms in total. The average Bonchev–Trinajstić information content (AvgIpc) is 2.54. The van der Waals surface area contributed by atoms with Gasteiger partial charge in [0.25, 0.3) is 0 Å². The first-order chi connectivity index (χ1) is 10.8. The van der Waals surface area contributed by atoms with E-state index in [9.17, 15) is 9.18 Å². The molecular weight excluding hydrogens is 399 g/mol. The molecule has 1 amide bonds. The summed E-state index contributed by atoms with van der Waals surface area (Å²) in [5.41, 5.74) is 5.86. The average molecular weight is 422 g/mol. The van der Waals surface area contributed by atoms with E-state index in [1.165, 1.54) is 12.1 Å². The third kappa shape index (κ3) is 2.87. The van der Waals surface area contributed by atoms with Crippen LogP contribution in [0.1, 0.15) is 32.3 Å². The first-order valence-corrected chi connectivity index (χ1v) is 8.70. The van der Waals surface area contributed by atoms with Crippen molar-refractivity contribution in [1.82, 2.24) is 5.32 Å². The van der Waals surface area contributed by atoms with E-state index in [0.717, 1.165) is 23.9 Å². The molecule has 2 aliphatic rings. The molecule has 2 fully saturated rings. The number of nitrogens with two attached hydrogens (primary N) is 1. The summed E-state index contributed by atoms with van der Waals surface area (Å²) in [5, 5.41) is 2.88. The Morgan fingerprint density at radius 3 is 2.92 bits per heavy atom. The highest BCUT2D eigenvalue weighted by Crippen LogP contribution is 2.57. The van der Waals surface area contributed by atoms with Crippen molar-refractivity contribution < 1.29 is 13.9 Å². The standard InChI is InChI=1S/C17H22BrFN2O2.ClH/c1-16(2)14-12(4-3-7-23-14)17(16,20)15(22)21-9-10-8-11(19)5-6-13(10)18;/h5-6,8,12,14H,3-4,7,9,20H2,1-2H3,(H,21,22);1H. The minimum absolute atomic E-state index is 0. The molecule has 3 N–H and O–H groups in total. The summed E-state index contributed by atoms with van der Waals surface area (Å²) in [6.45, 7) is 4.94. The van der Waals surface area contributed by atoms with Gasteiger partial charge < -0.3 is 15.8 Å². The van der Waals surface area contributed by atoms with E-state index in [1.807, 2.05) is 13.8 Å². The molecule has 0 radical (unpaired) electrons. The fourth-order valence-corrected chi connectivity index (χ4v) is 4.42. The van der Waals surface area contributed by atoms with Crippen molar-refractivity contribution in [1.29, 1.82) is 0 Å². The van der Waals surface area contributed by atoms with Crippen LogP contribution in [0.5, 0.6) is 0 Å². The Morgan fingerprint density at radius 2 is 2.21 bits per heavy atom. The molecule has 3 atom stereocenters. The first-order valence-electron chi connectivity index (χ1n) is 7.91. The summed E-state index contributed by atoms with van der Waals surface area (Å²) in [6.07, 6.45) is 1.87. The molecule has 1 aliphatic heterocycles. The molecule has 0 bridgehead atoms. The lowest BCUT2D eigenvalue weighted by molar-refractivity contribution is -0.225. The van der Waals surface area contributed by atoms with Gasteiger partial charge in [0.1, 0.15) is 11.4 Å². The molecule has 0 aromatic heterocycles. The van der Waals surface area contributed by atoms with Crippen molar-refractivity contribution in [2.24, 2.45) is 17.1 Å². The number of benzene rings is 1. The number of fused-ring (bicyclic) bond motifs is 1. The maximum atomic E-state index is 13.4. The largest absolute Gasteiger partial charge is 0.377 e. The van der Waals surface area contributed by atoms with E-state index in [4.69, 9.17) is 10.5 Å². The van der Waals surface area contributed by atoms with Crippen LogP contribution in [-0.2, 0) is 16.1 Å². The second-order valence-electron chi connectivity index (χ2n) is 7.05. The number of halogens is 3. The number of amides is 1. The Hall–Kier alpha value is -0.690. The van der Waals surface area contributed by atoms with Gasteiger partial charge in [0.15, 0.2) is 0 Å². The molecule has 1 saturated heterocycles. The van der Waals surface area contributed by atoms with E-state index < -0.39 is 11.0 Å². The second kappa shape index (κ2) is 6.90. The predicted octanol–water partition coefficient (Wildman–Crippen LogP) is 3.16. The van der Waals surface area contributed by atoms with Crippen LogP contribution in [-0.4, -0.2) is 24.2 Å². The van der Waals surface area contributed by atoms with Gasteiger partial charge in [-0.1, -0.05) is 29.8 Å². The number of carbonyl (C=O) groups excluding carboxylic acids is 1. The summed E-state index contributed by atoms with van der Waals surface area (Å²) in [5.74, 6) is -0.475. The van der Waals surface area contributed by atoms with Crippen LogP contribution in [0.4, 0.5) is 4.39 Å². The van der Waals surface area contributed by atoms with E-state index >= 15 is 0 Å². The lowest BCUT2D eigenvalue weighted by Crippen LogP contribution is -2.82. The third-order valence-corrected chi connectivity index (χ3v) is 6.28. The topological polar surface area (TPSA) is 64.3 Å². The van der Waals surface area contributed by atoms with Crippen LogP contribution in [0, 0.1) is 17.2 Å². The smallest absolute Gasteiger partial charge is 0.241 e. The minimum atomic E-state index is -0.947.